The summed E-state index contributed by atoms with van der Waals surface area (Å²) in [5.41, 5.74) is 2.04. The molecule has 0 saturated carbocycles. The Morgan fingerprint density at radius 1 is 0.543 bits per heavy atom. The average Bonchev–Trinajstić information content (AvgIpc) is 3.02. The predicted molar refractivity (Wildman–Crippen MR) is 181 cm³/mol. The second kappa shape index (κ2) is 25.1. The molecule has 0 aromatic heterocycles. The van der Waals surface area contributed by atoms with E-state index in [4.69, 9.17) is 9.22 Å². The van der Waals surface area contributed by atoms with Gasteiger partial charge in [0.2, 0.25) is 0 Å². The molecular weight excluding hydrogens is 632 g/mol. The number of hydrogen-bond acceptors (Lipinski definition) is 7. The molecular formula is C36H57NaO7S2. The second-order valence-corrected chi connectivity index (χ2v) is 15.1. The van der Waals surface area contributed by atoms with Gasteiger partial charge in [0.15, 0.2) is 5.75 Å². The van der Waals surface area contributed by atoms with Gasteiger partial charge in [-0.3, -0.25) is 0 Å². The molecule has 10 heteroatoms. The molecule has 0 fully saturated rings. The third-order valence-corrected chi connectivity index (χ3v) is 10.6. The molecule has 0 spiro atoms. The van der Waals surface area contributed by atoms with Gasteiger partial charge in [-0.1, -0.05) is 158 Å². The molecule has 0 amide bonds. The fourth-order valence-electron chi connectivity index (χ4n) is 5.78. The Morgan fingerprint density at radius 3 is 1.46 bits per heavy atom. The van der Waals surface area contributed by atoms with E-state index in [0.717, 1.165) is 68.2 Å². The Bertz CT molecular complexity index is 1300. The van der Waals surface area contributed by atoms with Crippen LogP contribution in [0.3, 0.4) is 0 Å². The Morgan fingerprint density at radius 2 is 0.978 bits per heavy atom. The molecule has 0 unspecified atom stereocenters. The van der Waals surface area contributed by atoms with Crippen molar-refractivity contribution in [3.05, 3.63) is 53.6 Å². The Hall–Kier alpha value is -0.940. The van der Waals surface area contributed by atoms with Crippen molar-refractivity contribution in [2.24, 2.45) is 0 Å². The minimum atomic E-state index is -5.03. The number of hydrogen-bond donors (Lipinski definition) is 0. The standard InChI is InChI=1S/C36H58O7S2.Na/c1-3-5-7-9-11-13-15-17-19-21-26-32-27-25-29-34(33(32)28-22-20-18-16-14-12-10-8-6-4-2)42-43-45(40,41)36-31-24-23-30-35(36)44(37,38)39;/h23-25,27,29-31H,3-22,26,28H2,1-2H3,(H,37,38,39);/q;+1/p-1. The summed E-state index contributed by atoms with van der Waals surface area (Å²) >= 11 is 0. The first-order valence-electron chi connectivity index (χ1n) is 17.5. The van der Waals surface area contributed by atoms with Crippen LogP contribution in [0.2, 0.25) is 0 Å². The van der Waals surface area contributed by atoms with E-state index in [1.54, 1.807) is 6.07 Å². The van der Waals surface area contributed by atoms with Crippen LogP contribution in [0.4, 0.5) is 0 Å². The van der Waals surface area contributed by atoms with Gasteiger partial charge in [-0.05, 0) is 49.4 Å². The molecule has 0 bridgehead atoms. The summed E-state index contributed by atoms with van der Waals surface area (Å²) in [5, 5.41) is 0. The van der Waals surface area contributed by atoms with Crippen LogP contribution in [-0.2, 0) is 37.4 Å². The SMILES string of the molecule is CCCCCCCCCCCCc1cccc(OOS(=O)(=O)c2ccccc2S(=O)(=O)[O-])c1CCCCCCCCCCCC.[Na+]. The zero-order valence-corrected chi connectivity index (χ0v) is 32.4. The van der Waals surface area contributed by atoms with Gasteiger partial charge in [-0.25, -0.2) is 8.42 Å². The van der Waals surface area contributed by atoms with Crippen molar-refractivity contribution in [3.63, 3.8) is 0 Å². The normalized spacial score (nSPS) is 11.8. The molecule has 0 heterocycles. The van der Waals surface area contributed by atoms with Gasteiger partial charge >= 0.3 is 39.7 Å². The van der Waals surface area contributed by atoms with Gasteiger partial charge < -0.3 is 9.44 Å². The fraction of sp³-hybridized carbons (Fsp3) is 0.667. The van der Waals surface area contributed by atoms with Crippen LogP contribution in [0.1, 0.15) is 153 Å². The van der Waals surface area contributed by atoms with Crippen LogP contribution >= 0.6 is 0 Å². The van der Waals surface area contributed by atoms with Crippen molar-refractivity contribution < 1.29 is 60.2 Å². The number of unbranched alkanes of at least 4 members (excludes halogenated alkanes) is 18. The summed E-state index contributed by atoms with van der Waals surface area (Å²) < 4.78 is 65.8. The molecule has 0 aliphatic heterocycles. The molecule has 2 rings (SSSR count). The predicted octanol–water partition coefficient (Wildman–Crippen LogP) is 7.22. The molecule has 0 saturated heterocycles. The third-order valence-electron chi connectivity index (χ3n) is 8.41. The first-order chi connectivity index (χ1) is 21.7. The molecule has 0 N–H and O–H groups in total. The quantitative estimate of drug-likeness (QED) is 0.0321. The molecule has 256 valence electrons. The molecule has 0 aliphatic carbocycles. The maximum absolute atomic E-state index is 12.9. The van der Waals surface area contributed by atoms with Crippen LogP contribution in [0.15, 0.2) is 52.3 Å². The number of aryl methyl sites for hydroxylation is 1. The van der Waals surface area contributed by atoms with E-state index < -0.39 is 30.0 Å². The number of rotatable bonds is 27. The Balaban J connectivity index is 0.0000106. The molecule has 46 heavy (non-hydrogen) atoms. The summed E-state index contributed by atoms with van der Waals surface area (Å²) in [6.07, 6.45) is 26.3. The van der Waals surface area contributed by atoms with Crippen LogP contribution in [0, 0.1) is 0 Å². The van der Waals surface area contributed by atoms with E-state index >= 15 is 0 Å². The van der Waals surface area contributed by atoms with Crippen LogP contribution < -0.4 is 34.4 Å². The van der Waals surface area contributed by atoms with Crippen molar-refractivity contribution in [2.45, 2.75) is 165 Å². The van der Waals surface area contributed by atoms with Gasteiger partial charge in [0.25, 0.3) is 0 Å². The van der Waals surface area contributed by atoms with Crippen LogP contribution in [0.5, 0.6) is 5.75 Å². The topological polar surface area (TPSA) is 110 Å². The molecule has 2 aromatic rings. The molecule has 0 radical (unpaired) electrons. The summed E-state index contributed by atoms with van der Waals surface area (Å²) in [6, 6.07) is 10.2. The first-order valence-corrected chi connectivity index (χ1v) is 20.3. The van der Waals surface area contributed by atoms with Crippen molar-refractivity contribution in [2.75, 3.05) is 0 Å². The van der Waals surface area contributed by atoms with Gasteiger partial charge in [0.1, 0.15) is 15.0 Å². The van der Waals surface area contributed by atoms with Crippen LogP contribution in [0.25, 0.3) is 0 Å². The minimum absolute atomic E-state index is 0. The number of benzene rings is 2. The molecule has 0 atom stereocenters. The van der Waals surface area contributed by atoms with Crippen LogP contribution in [-0.4, -0.2) is 21.4 Å². The average molecular weight is 689 g/mol. The summed E-state index contributed by atoms with van der Waals surface area (Å²) in [4.78, 5) is 3.82. The van der Waals surface area contributed by atoms with Gasteiger partial charge in [-0.15, -0.1) is 0 Å². The second-order valence-electron chi connectivity index (χ2n) is 12.3. The third kappa shape index (κ3) is 17.5. The summed E-state index contributed by atoms with van der Waals surface area (Å²) in [5.74, 6) is 0.307. The maximum Gasteiger partial charge on any atom is 1.00 e. The largest absolute Gasteiger partial charge is 1.00 e. The van der Waals surface area contributed by atoms with Crippen molar-refractivity contribution >= 4 is 20.2 Å². The van der Waals surface area contributed by atoms with E-state index in [0.29, 0.717) is 5.75 Å². The molecule has 7 nitrogen and oxygen atoms in total. The Labute approximate surface area is 302 Å². The van der Waals surface area contributed by atoms with Crippen molar-refractivity contribution in [1.82, 2.24) is 0 Å². The molecule has 0 aliphatic rings. The Kier molecular flexibility index (Phi) is 23.5. The van der Waals surface area contributed by atoms with Gasteiger partial charge in [0, 0.05) is 5.56 Å². The summed E-state index contributed by atoms with van der Waals surface area (Å²) in [6.45, 7) is 4.47. The summed E-state index contributed by atoms with van der Waals surface area (Å²) in [7, 11) is -9.72. The van der Waals surface area contributed by atoms with E-state index in [9.17, 15) is 21.4 Å². The monoisotopic (exact) mass is 688 g/mol. The van der Waals surface area contributed by atoms with Gasteiger partial charge in [0.05, 0.1) is 4.90 Å². The van der Waals surface area contributed by atoms with Gasteiger partial charge in [-0.2, -0.15) is 8.42 Å². The fourth-order valence-corrected chi connectivity index (χ4v) is 7.75. The smallest absolute Gasteiger partial charge is 0.744 e. The first kappa shape index (κ1) is 43.1. The molecule has 2 aromatic carbocycles. The van der Waals surface area contributed by atoms with E-state index in [1.165, 1.54) is 108 Å². The van der Waals surface area contributed by atoms with E-state index in [-0.39, 0.29) is 29.6 Å². The van der Waals surface area contributed by atoms with E-state index in [2.05, 4.69) is 19.9 Å². The maximum atomic E-state index is 12.9. The minimum Gasteiger partial charge on any atom is -0.744 e. The van der Waals surface area contributed by atoms with Crippen molar-refractivity contribution in [1.29, 1.82) is 0 Å². The van der Waals surface area contributed by atoms with E-state index in [1.807, 2.05) is 6.07 Å². The van der Waals surface area contributed by atoms with Crippen molar-refractivity contribution in [3.8, 4) is 5.75 Å². The zero-order chi connectivity index (χ0) is 32.8. The zero-order valence-electron chi connectivity index (χ0n) is 28.8.